The van der Waals surface area contributed by atoms with Crippen molar-refractivity contribution in [3.8, 4) is 11.5 Å². The standard InChI is InChI=1S/C12H10Cl2N2O/c1-7-2-5-10(12(14)16-7)17-11-6-8(13)3-4-9(11)15/h2-6H,15H2,1H3. The highest BCUT2D eigenvalue weighted by Crippen LogP contribution is 2.33. The largest absolute Gasteiger partial charge is 0.452 e. The Hall–Kier alpha value is -1.45. The van der Waals surface area contributed by atoms with E-state index in [2.05, 4.69) is 4.98 Å². The van der Waals surface area contributed by atoms with Crippen molar-refractivity contribution in [3.63, 3.8) is 0 Å². The van der Waals surface area contributed by atoms with E-state index in [9.17, 15) is 0 Å². The van der Waals surface area contributed by atoms with Gasteiger partial charge in [-0.3, -0.25) is 0 Å². The fourth-order valence-electron chi connectivity index (χ4n) is 1.30. The van der Waals surface area contributed by atoms with Gasteiger partial charge in [-0.05, 0) is 31.2 Å². The molecular weight excluding hydrogens is 259 g/mol. The summed E-state index contributed by atoms with van der Waals surface area (Å²) >= 11 is 11.8. The van der Waals surface area contributed by atoms with E-state index < -0.39 is 0 Å². The fraction of sp³-hybridized carbons (Fsp3) is 0.0833. The van der Waals surface area contributed by atoms with Crippen LogP contribution in [-0.2, 0) is 0 Å². The molecule has 2 aromatic rings. The van der Waals surface area contributed by atoms with Crippen LogP contribution < -0.4 is 10.5 Å². The number of aromatic nitrogens is 1. The number of aryl methyl sites for hydroxylation is 1. The van der Waals surface area contributed by atoms with E-state index >= 15 is 0 Å². The first-order chi connectivity index (χ1) is 8.06. The van der Waals surface area contributed by atoms with Gasteiger partial charge in [-0.15, -0.1) is 0 Å². The Morgan fingerprint density at radius 1 is 1.12 bits per heavy atom. The highest BCUT2D eigenvalue weighted by molar-refractivity contribution is 6.31. The van der Waals surface area contributed by atoms with E-state index in [1.807, 2.05) is 13.0 Å². The Kier molecular flexibility index (Phi) is 3.41. The SMILES string of the molecule is Cc1ccc(Oc2cc(Cl)ccc2N)c(Cl)n1. The van der Waals surface area contributed by atoms with E-state index in [1.165, 1.54) is 0 Å². The first-order valence-electron chi connectivity index (χ1n) is 4.92. The highest BCUT2D eigenvalue weighted by Gasteiger charge is 2.07. The van der Waals surface area contributed by atoms with Crippen molar-refractivity contribution in [2.75, 3.05) is 5.73 Å². The first kappa shape index (κ1) is 12.0. The zero-order chi connectivity index (χ0) is 12.4. The monoisotopic (exact) mass is 268 g/mol. The summed E-state index contributed by atoms with van der Waals surface area (Å²) in [7, 11) is 0. The lowest BCUT2D eigenvalue weighted by Crippen LogP contribution is -1.93. The smallest absolute Gasteiger partial charge is 0.171 e. The molecule has 1 aromatic carbocycles. The third-order valence-electron chi connectivity index (χ3n) is 2.15. The Bertz CT molecular complexity index is 558. The molecule has 0 radical (unpaired) electrons. The summed E-state index contributed by atoms with van der Waals surface area (Å²) in [5, 5.41) is 0.842. The third kappa shape index (κ3) is 2.81. The molecule has 17 heavy (non-hydrogen) atoms. The molecule has 0 saturated heterocycles. The molecular formula is C12H10Cl2N2O. The second kappa shape index (κ2) is 4.82. The number of hydrogen-bond donors (Lipinski definition) is 1. The van der Waals surface area contributed by atoms with Crippen LogP contribution in [0.3, 0.4) is 0 Å². The van der Waals surface area contributed by atoms with Crippen molar-refractivity contribution < 1.29 is 4.74 Å². The number of benzene rings is 1. The maximum Gasteiger partial charge on any atom is 0.171 e. The molecule has 0 unspecified atom stereocenters. The number of hydrogen-bond acceptors (Lipinski definition) is 3. The summed E-state index contributed by atoms with van der Waals surface area (Å²) in [5.41, 5.74) is 7.08. The molecule has 0 aliphatic carbocycles. The quantitative estimate of drug-likeness (QED) is 0.660. The Morgan fingerprint density at radius 2 is 1.88 bits per heavy atom. The number of nitrogen functional groups attached to an aromatic ring is 1. The first-order valence-corrected chi connectivity index (χ1v) is 5.68. The van der Waals surface area contributed by atoms with Gasteiger partial charge in [0.05, 0.1) is 5.69 Å². The molecule has 3 nitrogen and oxygen atoms in total. The molecule has 0 spiro atoms. The van der Waals surface area contributed by atoms with Crippen molar-refractivity contribution >= 4 is 28.9 Å². The molecule has 1 aromatic heterocycles. The molecule has 0 bridgehead atoms. The molecule has 0 saturated carbocycles. The van der Waals surface area contributed by atoms with Gasteiger partial charge in [0.15, 0.2) is 16.7 Å². The van der Waals surface area contributed by atoms with Crippen molar-refractivity contribution in [2.24, 2.45) is 0 Å². The van der Waals surface area contributed by atoms with E-state index in [-0.39, 0.29) is 0 Å². The lowest BCUT2D eigenvalue weighted by molar-refractivity contribution is 0.482. The summed E-state index contributed by atoms with van der Waals surface area (Å²) in [6.45, 7) is 1.85. The molecule has 0 aliphatic heterocycles. The van der Waals surface area contributed by atoms with Gasteiger partial charge in [0, 0.05) is 16.8 Å². The number of ether oxygens (including phenoxy) is 1. The predicted octanol–water partition coefficient (Wildman–Crippen LogP) is 4.07. The van der Waals surface area contributed by atoms with E-state index in [0.717, 1.165) is 5.69 Å². The van der Waals surface area contributed by atoms with Gasteiger partial charge in [-0.1, -0.05) is 23.2 Å². The second-order valence-electron chi connectivity index (χ2n) is 3.53. The third-order valence-corrected chi connectivity index (χ3v) is 2.66. The molecule has 88 valence electrons. The van der Waals surface area contributed by atoms with Gasteiger partial charge < -0.3 is 10.5 Å². The van der Waals surface area contributed by atoms with Crippen molar-refractivity contribution in [1.29, 1.82) is 0 Å². The van der Waals surface area contributed by atoms with Crippen LogP contribution in [0.1, 0.15) is 5.69 Å². The molecule has 0 amide bonds. The topological polar surface area (TPSA) is 48.1 Å². The van der Waals surface area contributed by atoms with Crippen LogP contribution in [0, 0.1) is 6.92 Å². The highest BCUT2D eigenvalue weighted by atomic mass is 35.5. The molecule has 0 atom stereocenters. The number of nitrogens with zero attached hydrogens (tertiary/aromatic N) is 1. The average molecular weight is 269 g/mol. The van der Waals surface area contributed by atoms with Gasteiger partial charge in [0.25, 0.3) is 0 Å². The molecule has 1 heterocycles. The van der Waals surface area contributed by atoms with Crippen LogP contribution in [-0.4, -0.2) is 4.98 Å². The van der Waals surface area contributed by atoms with Crippen molar-refractivity contribution in [1.82, 2.24) is 4.98 Å². The van der Waals surface area contributed by atoms with Gasteiger partial charge in [0.2, 0.25) is 0 Å². The Morgan fingerprint density at radius 3 is 2.59 bits per heavy atom. The zero-order valence-corrected chi connectivity index (χ0v) is 10.6. The van der Waals surface area contributed by atoms with Crippen LogP contribution in [0.4, 0.5) is 5.69 Å². The maximum atomic E-state index is 5.96. The predicted molar refractivity (Wildman–Crippen MR) is 69.9 cm³/mol. The second-order valence-corrected chi connectivity index (χ2v) is 4.32. The summed E-state index contributed by atoms with van der Waals surface area (Å²) in [5.74, 6) is 0.913. The Labute approximate surface area is 109 Å². The van der Waals surface area contributed by atoms with Gasteiger partial charge in [0.1, 0.15) is 0 Å². The maximum absolute atomic E-state index is 5.96. The number of nitrogens with two attached hydrogens (primary N) is 1. The Balaban J connectivity index is 2.34. The minimum atomic E-state index is 0.296. The number of pyridine rings is 1. The zero-order valence-electron chi connectivity index (χ0n) is 9.08. The van der Waals surface area contributed by atoms with E-state index in [1.54, 1.807) is 24.3 Å². The number of halogens is 2. The molecule has 0 aliphatic rings. The van der Waals surface area contributed by atoms with Crippen molar-refractivity contribution in [3.05, 3.63) is 46.2 Å². The van der Waals surface area contributed by atoms with Crippen LogP contribution in [0.2, 0.25) is 10.2 Å². The minimum absolute atomic E-state index is 0.296. The number of anilines is 1. The molecule has 2 rings (SSSR count). The van der Waals surface area contributed by atoms with E-state index in [0.29, 0.717) is 27.4 Å². The van der Waals surface area contributed by atoms with Crippen LogP contribution >= 0.6 is 23.2 Å². The summed E-state index contributed by atoms with van der Waals surface area (Å²) in [6, 6.07) is 8.55. The lowest BCUT2D eigenvalue weighted by atomic mass is 10.3. The van der Waals surface area contributed by atoms with Crippen LogP contribution in [0.5, 0.6) is 11.5 Å². The molecule has 2 N–H and O–H groups in total. The molecule has 5 heteroatoms. The minimum Gasteiger partial charge on any atom is -0.452 e. The van der Waals surface area contributed by atoms with Crippen LogP contribution in [0.25, 0.3) is 0 Å². The van der Waals surface area contributed by atoms with Gasteiger partial charge in [-0.2, -0.15) is 0 Å². The fourth-order valence-corrected chi connectivity index (χ4v) is 1.70. The van der Waals surface area contributed by atoms with Gasteiger partial charge in [-0.25, -0.2) is 4.98 Å². The lowest BCUT2D eigenvalue weighted by Gasteiger charge is -2.09. The average Bonchev–Trinajstić information content (AvgIpc) is 2.27. The summed E-state index contributed by atoms with van der Waals surface area (Å²) in [4.78, 5) is 4.09. The van der Waals surface area contributed by atoms with E-state index in [4.69, 9.17) is 33.7 Å². The van der Waals surface area contributed by atoms with Gasteiger partial charge >= 0.3 is 0 Å². The summed E-state index contributed by atoms with van der Waals surface area (Å²) < 4.78 is 5.57. The molecule has 0 fully saturated rings. The van der Waals surface area contributed by atoms with Crippen molar-refractivity contribution in [2.45, 2.75) is 6.92 Å². The van der Waals surface area contributed by atoms with Crippen LogP contribution in [0.15, 0.2) is 30.3 Å². The summed E-state index contributed by atoms with van der Waals surface area (Å²) in [6.07, 6.45) is 0. The normalized spacial score (nSPS) is 10.3. The number of rotatable bonds is 2.